The quantitative estimate of drug-likeness (QED) is 0.231. The lowest BCUT2D eigenvalue weighted by Gasteiger charge is -2.18. The number of amides is 1. The molecule has 0 bridgehead atoms. The number of non-ortho nitro benzene ring substituents is 1. The molecule has 4 rings (SSSR count). The van der Waals surface area contributed by atoms with Crippen LogP contribution in [0.1, 0.15) is 28.9 Å². The summed E-state index contributed by atoms with van der Waals surface area (Å²) >= 11 is 0. The number of halogens is 1. The minimum atomic E-state index is -4.15. The van der Waals surface area contributed by atoms with Gasteiger partial charge in [-0.3, -0.25) is 14.9 Å². The van der Waals surface area contributed by atoms with Crippen molar-refractivity contribution < 1.29 is 32.0 Å². The lowest BCUT2D eigenvalue weighted by Crippen LogP contribution is -2.28. The number of methoxy groups -OCH3 is 1. The molecule has 0 atom stereocenters. The van der Waals surface area contributed by atoms with Crippen LogP contribution in [-0.2, 0) is 14.8 Å². The molecule has 0 spiro atoms. The standard InChI is InChI=1S/C24H26FN5O7S/c1-16-22(23(31)26-10-13-36-2)27-29(18-7-5-6-17(25)14-18)24(16)37-20-9-8-19(30(32)33)15-21(20)38(34,35)28-11-3-4-12-28/h5-9,14-15H,3-4,10-13H2,1-2H3,(H,26,31). The highest BCUT2D eigenvalue weighted by Crippen LogP contribution is 2.37. The monoisotopic (exact) mass is 547 g/mol. The van der Waals surface area contributed by atoms with Crippen molar-refractivity contribution in [3.63, 3.8) is 0 Å². The second kappa shape index (κ2) is 11.2. The summed E-state index contributed by atoms with van der Waals surface area (Å²) in [6, 6.07) is 8.63. The number of nitro groups is 1. The molecule has 1 aromatic heterocycles. The van der Waals surface area contributed by atoms with Crippen molar-refractivity contribution in [3.05, 3.63) is 69.7 Å². The van der Waals surface area contributed by atoms with Gasteiger partial charge in [0.25, 0.3) is 11.6 Å². The topological polar surface area (TPSA) is 146 Å². The van der Waals surface area contributed by atoms with Gasteiger partial charge >= 0.3 is 0 Å². The van der Waals surface area contributed by atoms with Gasteiger partial charge in [0.2, 0.25) is 15.9 Å². The summed E-state index contributed by atoms with van der Waals surface area (Å²) in [6.07, 6.45) is 1.33. The smallest absolute Gasteiger partial charge is 0.272 e. The average Bonchev–Trinajstić information content (AvgIpc) is 3.54. The highest BCUT2D eigenvalue weighted by molar-refractivity contribution is 7.89. The fourth-order valence-corrected chi connectivity index (χ4v) is 5.67. The van der Waals surface area contributed by atoms with Gasteiger partial charge in [0, 0.05) is 44.4 Å². The fourth-order valence-electron chi connectivity index (χ4n) is 4.02. The minimum Gasteiger partial charge on any atom is -0.437 e. The van der Waals surface area contributed by atoms with Gasteiger partial charge in [-0.05, 0) is 44.0 Å². The van der Waals surface area contributed by atoms with Crippen LogP contribution in [0.4, 0.5) is 10.1 Å². The number of ether oxygens (including phenoxy) is 2. The zero-order valence-corrected chi connectivity index (χ0v) is 21.5. The van der Waals surface area contributed by atoms with E-state index in [1.165, 1.54) is 46.4 Å². The molecule has 1 aliphatic rings. The first-order valence-electron chi connectivity index (χ1n) is 11.7. The van der Waals surface area contributed by atoms with Gasteiger partial charge in [-0.1, -0.05) is 6.07 Å². The summed E-state index contributed by atoms with van der Waals surface area (Å²) in [6.45, 7) is 2.56. The Labute approximate surface area is 218 Å². The minimum absolute atomic E-state index is 0.0359. The second-order valence-electron chi connectivity index (χ2n) is 8.52. The number of aromatic nitrogens is 2. The first-order chi connectivity index (χ1) is 18.1. The van der Waals surface area contributed by atoms with E-state index in [2.05, 4.69) is 10.4 Å². The third kappa shape index (κ3) is 5.51. The van der Waals surface area contributed by atoms with Crippen molar-refractivity contribution in [2.24, 2.45) is 0 Å². The van der Waals surface area contributed by atoms with Gasteiger partial charge < -0.3 is 14.8 Å². The molecule has 0 unspecified atom stereocenters. The normalized spacial score (nSPS) is 14.0. The van der Waals surface area contributed by atoms with Crippen molar-refractivity contribution in [2.75, 3.05) is 33.4 Å². The summed E-state index contributed by atoms with van der Waals surface area (Å²) in [5, 5.41) is 18.4. The molecule has 1 amide bonds. The van der Waals surface area contributed by atoms with Crippen LogP contribution in [0.15, 0.2) is 47.4 Å². The Morgan fingerprint density at radius 2 is 1.95 bits per heavy atom. The number of carbonyl (C=O) groups excluding carboxylic acids is 1. The number of hydrogen-bond acceptors (Lipinski definition) is 8. The molecule has 14 heteroatoms. The Hall–Kier alpha value is -3.88. The Balaban J connectivity index is 1.84. The van der Waals surface area contributed by atoms with Gasteiger partial charge in [-0.2, -0.15) is 14.1 Å². The van der Waals surface area contributed by atoms with E-state index >= 15 is 0 Å². The molecule has 1 N–H and O–H groups in total. The maximum Gasteiger partial charge on any atom is 0.272 e. The maximum absolute atomic E-state index is 14.1. The van der Waals surface area contributed by atoms with Gasteiger partial charge in [-0.15, -0.1) is 0 Å². The maximum atomic E-state index is 14.1. The number of carbonyl (C=O) groups is 1. The summed E-state index contributed by atoms with van der Waals surface area (Å²) in [7, 11) is -2.66. The van der Waals surface area contributed by atoms with E-state index in [9.17, 15) is 27.7 Å². The number of sulfonamides is 1. The largest absolute Gasteiger partial charge is 0.437 e. The van der Waals surface area contributed by atoms with Crippen LogP contribution in [0.5, 0.6) is 11.6 Å². The van der Waals surface area contributed by atoms with E-state index in [4.69, 9.17) is 9.47 Å². The van der Waals surface area contributed by atoms with E-state index in [0.29, 0.717) is 12.8 Å². The molecule has 2 heterocycles. The molecule has 38 heavy (non-hydrogen) atoms. The number of nitrogens with zero attached hydrogens (tertiary/aromatic N) is 4. The zero-order chi connectivity index (χ0) is 27.4. The Morgan fingerprint density at radius 1 is 1.21 bits per heavy atom. The van der Waals surface area contributed by atoms with Crippen LogP contribution >= 0.6 is 0 Å². The highest BCUT2D eigenvalue weighted by atomic mass is 32.2. The molecular weight excluding hydrogens is 521 g/mol. The van der Waals surface area contributed by atoms with E-state index in [1.807, 2.05) is 0 Å². The lowest BCUT2D eigenvalue weighted by atomic mass is 10.2. The number of nitrogens with one attached hydrogen (secondary N) is 1. The molecule has 0 radical (unpaired) electrons. The number of benzene rings is 2. The third-order valence-electron chi connectivity index (χ3n) is 5.96. The highest BCUT2D eigenvalue weighted by Gasteiger charge is 2.33. The van der Waals surface area contributed by atoms with Gasteiger partial charge in [0.1, 0.15) is 16.5 Å². The number of nitro benzene ring substituents is 1. The van der Waals surface area contributed by atoms with E-state index < -0.39 is 37.3 Å². The second-order valence-corrected chi connectivity index (χ2v) is 10.4. The van der Waals surface area contributed by atoms with Gasteiger partial charge in [0.15, 0.2) is 5.69 Å². The van der Waals surface area contributed by atoms with Gasteiger partial charge in [0.05, 0.1) is 17.2 Å². The van der Waals surface area contributed by atoms with Gasteiger partial charge in [-0.25, -0.2) is 12.8 Å². The van der Waals surface area contributed by atoms with E-state index in [-0.39, 0.29) is 54.8 Å². The third-order valence-corrected chi connectivity index (χ3v) is 7.88. The van der Waals surface area contributed by atoms with Crippen molar-refractivity contribution in [1.82, 2.24) is 19.4 Å². The molecule has 1 saturated heterocycles. The van der Waals surface area contributed by atoms with Crippen molar-refractivity contribution in [2.45, 2.75) is 24.7 Å². The first kappa shape index (κ1) is 27.2. The summed E-state index contributed by atoms with van der Waals surface area (Å²) in [5.41, 5.74) is -0.00753. The summed E-state index contributed by atoms with van der Waals surface area (Å²) in [4.78, 5) is 23.2. The summed E-state index contributed by atoms with van der Waals surface area (Å²) in [5.74, 6) is -1.37. The SMILES string of the molecule is COCCNC(=O)c1nn(-c2cccc(F)c2)c(Oc2ccc([N+](=O)[O-])cc2S(=O)(=O)N2CCCC2)c1C. The Bertz CT molecular complexity index is 1470. The molecule has 1 aliphatic heterocycles. The lowest BCUT2D eigenvalue weighted by molar-refractivity contribution is -0.385. The predicted octanol–water partition coefficient (Wildman–Crippen LogP) is 3.18. The van der Waals surface area contributed by atoms with E-state index in [1.54, 1.807) is 6.92 Å². The molecule has 2 aromatic carbocycles. The van der Waals surface area contributed by atoms with Crippen LogP contribution in [-0.4, -0.2) is 66.7 Å². The molecule has 0 aliphatic carbocycles. The molecular formula is C24H26FN5O7S. The summed E-state index contributed by atoms with van der Waals surface area (Å²) < 4.78 is 54.4. The van der Waals surface area contributed by atoms with Crippen molar-refractivity contribution >= 4 is 21.6 Å². The molecule has 12 nitrogen and oxygen atoms in total. The predicted molar refractivity (Wildman–Crippen MR) is 134 cm³/mol. The number of hydrogen-bond donors (Lipinski definition) is 1. The van der Waals surface area contributed by atoms with Crippen LogP contribution in [0, 0.1) is 22.9 Å². The van der Waals surface area contributed by atoms with Crippen LogP contribution in [0.25, 0.3) is 5.69 Å². The van der Waals surface area contributed by atoms with Crippen LogP contribution in [0.2, 0.25) is 0 Å². The Kier molecular flexibility index (Phi) is 8.04. The first-order valence-corrected chi connectivity index (χ1v) is 13.2. The van der Waals surface area contributed by atoms with Crippen molar-refractivity contribution in [3.8, 4) is 17.3 Å². The molecule has 3 aromatic rings. The van der Waals surface area contributed by atoms with Crippen LogP contribution in [0.3, 0.4) is 0 Å². The average molecular weight is 548 g/mol. The van der Waals surface area contributed by atoms with Crippen molar-refractivity contribution in [1.29, 1.82) is 0 Å². The number of rotatable bonds is 10. The molecule has 1 fully saturated rings. The Morgan fingerprint density at radius 3 is 2.61 bits per heavy atom. The molecule has 202 valence electrons. The zero-order valence-electron chi connectivity index (χ0n) is 20.7. The van der Waals surface area contributed by atoms with E-state index in [0.717, 1.165) is 12.1 Å². The fraction of sp³-hybridized carbons (Fsp3) is 0.333. The molecule has 0 saturated carbocycles. The van der Waals surface area contributed by atoms with Crippen LogP contribution < -0.4 is 10.1 Å².